The van der Waals surface area contributed by atoms with E-state index in [1.165, 1.54) is 11.8 Å². The lowest BCUT2D eigenvalue weighted by Crippen LogP contribution is -2.15. The number of thioether (sulfide) groups is 1. The molecule has 2 aromatic carbocycles. The zero-order valence-electron chi connectivity index (χ0n) is 11.5. The molecule has 0 radical (unpaired) electrons. The fraction of sp³-hybridized carbons (Fsp3) is 0.133. The maximum atomic E-state index is 12.7. The van der Waals surface area contributed by atoms with Gasteiger partial charge in [0.2, 0.25) is 5.91 Å². The Morgan fingerprint density at radius 2 is 1.87 bits per heavy atom. The van der Waals surface area contributed by atoms with Gasteiger partial charge in [0.25, 0.3) is 0 Å². The highest BCUT2D eigenvalue weighted by Crippen LogP contribution is 2.34. The normalized spacial score (nSPS) is 11.3. The first-order valence-corrected chi connectivity index (χ1v) is 8.05. The van der Waals surface area contributed by atoms with E-state index < -0.39 is 17.6 Å². The first kappa shape index (κ1) is 18.0. The van der Waals surface area contributed by atoms with Crippen molar-refractivity contribution in [3.05, 3.63) is 58.1 Å². The molecule has 0 atom stereocenters. The number of benzene rings is 2. The highest BCUT2D eigenvalue weighted by atomic mass is 35.5. The minimum atomic E-state index is -4.50. The van der Waals surface area contributed by atoms with Crippen molar-refractivity contribution >= 4 is 46.6 Å². The largest absolute Gasteiger partial charge is 0.416 e. The second kappa shape index (κ2) is 7.47. The molecule has 0 heterocycles. The Labute approximate surface area is 145 Å². The van der Waals surface area contributed by atoms with Gasteiger partial charge < -0.3 is 5.32 Å². The van der Waals surface area contributed by atoms with Gasteiger partial charge in [0, 0.05) is 9.92 Å². The molecular formula is C15H10Cl2F3NOS. The number of halogens is 5. The van der Waals surface area contributed by atoms with Gasteiger partial charge in [-0.1, -0.05) is 29.3 Å². The van der Waals surface area contributed by atoms with Crippen LogP contribution in [-0.2, 0) is 11.0 Å². The number of alkyl halides is 3. The van der Waals surface area contributed by atoms with Crippen LogP contribution in [0.15, 0.2) is 47.4 Å². The SMILES string of the molecule is O=C(CSc1cccc(Cl)c1)Nc1cc(C(F)(F)F)ccc1Cl. The highest BCUT2D eigenvalue weighted by molar-refractivity contribution is 8.00. The van der Waals surface area contributed by atoms with Crippen molar-refractivity contribution in [1.29, 1.82) is 0 Å². The minimum absolute atomic E-state index is 0.0208. The Hall–Kier alpha value is -1.37. The summed E-state index contributed by atoms with van der Waals surface area (Å²) in [6.07, 6.45) is -4.50. The van der Waals surface area contributed by atoms with Crippen LogP contribution in [0.25, 0.3) is 0 Å². The van der Waals surface area contributed by atoms with Gasteiger partial charge in [-0.25, -0.2) is 0 Å². The quantitative estimate of drug-likeness (QED) is 0.685. The van der Waals surface area contributed by atoms with E-state index in [4.69, 9.17) is 23.2 Å². The Morgan fingerprint density at radius 3 is 2.52 bits per heavy atom. The second-order valence-electron chi connectivity index (χ2n) is 4.49. The second-order valence-corrected chi connectivity index (χ2v) is 6.38. The number of hydrogen-bond donors (Lipinski definition) is 1. The van der Waals surface area contributed by atoms with Gasteiger partial charge in [0.15, 0.2) is 0 Å². The molecule has 122 valence electrons. The van der Waals surface area contributed by atoms with Gasteiger partial charge in [0.05, 0.1) is 22.0 Å². The number of carbonyl (C=O) groups is 1. The molecule has 0 saturated heterocycles. The molecule has 0 aromatic heterocycles. The summed E-state index contributed by atoms with van der Waals surface area (Å²) in [5.74, 6) is -0.441. The van der Waals surface area contributed by atoms with Crippen molar-refractivity contribution in [3.8, 4) is 0 Å². The topological polar surface area (TPSA) is 29.1 Å². The van der Waals surface area contributed by atoms with Crippen LogP contribution >= 0.6 is 35.0 Å². The zero-order chi connectivity index (χ0) is 17.0. The van der Waals surface area contributed by atoms with Crippen LogP contribution < -0.4 is 5.32 Å². The van der Waals surface area contributed by atoms with Gasteiger partial charge in [0.1, 0.15) is 0 Å². The Kier molecular flexibility index (Phi) is 5.84. The lowest BCUT2D eigenvalue weighted by Gasteiger charge is -2.11. The van der Waals surface area contributed by atoms with Crippen LogP contribution in [0.4, 0.5) is 18.9 Å². The predicted molar refractivity (Wildman–Crippen MR) is 87.3 cm³/mol. The molecule has 0 aliphatic carbocycles. The Balaban J connectivity index is 2.02. The summed E-state index contributed by atoms with van der Waals surface area (Å²) in [7, 11) is 0. The van der Waals surface area contributed by atoms with Crippen LogP contribution in [0.3, 0.4) is 0 Å². The molecule has 8 heteroatoms. The molecule has 0 aliphatic rings. The van der Waals surface area contributed by atoms with E-state index in [9.17, 15) is 18.0 Å². The molecule has 0 bridgehead atoms. The maximum Gasteiger partial charge on any atom is 0.416 e. The summed E-state index contributed by atoms with van der Waals surface area (Å²) in [6.45, 7) is 0. The lowest BCUT2D eigenvalue weighted by molar-refractivity contribution is -0.137. The number of amides is 1. The van der Waals surface area contributed by atoms with Crippen molar-refractivity contribution < 1.29 is 18.0 Å². The van der Waals surface area contributed by atoms with Crippen molar-refractivity contribution in [2.24, 2.45) is 0 Å². The van der Waals surface area contributed by atoms with E-state index in [2.05, 4.69) is 5.32 Å². The number of nitrogens with one attached hydrogen (secondary N) is 1. The average Bonchev–Trinajstić information content (AvgIpc) is 2.46. The molecule has 2 rings (SSSR count). The van der Waals surface area contributed by atoms with E-state index >= 15 is 0 Å². The van der Waals surface area contributed by atoms with Crippen LogP contribution in [0, 0.1) is 0 Å². The molecule has 2 aromatic rings. The lowest BCUT2D eigenvalue weighted by atomic mass is 10.2. The van der Waals surface area contributed by atoms with Crippen molar-refractivity contribution in [1.82, 2.24) is 0 Å². The number of anilines is 1. The minimum Gasteiger partial charge on any atom is -0.324 e. The van der Waals surface area contributed by atoms with Gasteiger partial charge in [-0.15, -0.1) is 11.8 Å². The molecule has 23 heavy (non-hydrogen) atoms. The van der Waals surface area contributed by atoms with Crippen molar-refractivity contribution in [2.45, 2.75) is 11.1 Å². The van der Waals surface area contributed by atoms with Crippen LogP contribution in [0.2, 0.25) is 10.0 Å². The third kappa shape index (κ3) is 5.34. The van der Waals surface area contributed by atoms with E-state index in [0.717, 1.165) is 23.1 Å². The molecule has 1 amide bonds. The summed E-state index contributed by atoms with van der Waals surface area (Å²) >= 11 is 12.9. The van der Waals surface area contributed by atoms with Gasteiger partial charge in [-0.2, -0.15) is 13.2 Å². The Morgan fingerprint density at radius 1 is 1.13 bits per heavy atom. The smallest absolute Gasteiger partial charge is 0.324 e. The molecule has 0 unspecified atom stereocenters. The zero-order valence-corrected chi connectivity index (χ0v) is 13.8. The van der Waals surface area contributed by atoms with Gasteiger partial charge in [-0.05, 0) is 36.4 Å². The summed E-state index contributed by atoms with van der Waals surface area (Å²) in [4.78, 5) is 12.7. The average molecular weight is 380 g/mol. The molecule has 0 fully saturated rings. The van der Waals surface area contributed by atoms with Crippen LogP contribution in [0.1, 0.15) is 5.56 Å². The summed E-state index contributed by atoms with van der Waals surface area (Å²) in [5.41, 5.74) is -0.946. The van der Waals surface area contributed by atoms with E-state index in [-0.39, 0.29) is 16.5 Å². The Bertz CT molecular complexity index is 722. The monoisotopic (exact) mass is 379 g/mol. The highest BCUT2D eigenvalue weighted by Gasteiger charge is 2.31. The fourth-order valence-electron chi connectivity index (χ4n) is 1.69. The summed E-state index contributed by atoms with van der Waals surface area (Å²) in [5, 5.41) is 2.96. The van der Waals surface area contributed by atoms with Crippen molar-refractivity contribution in [3.63, 3.8) is 0 Å². The molecule has 0 aliphatic heterocycles. The summed E-state index contributed by atoms with van der Waals surface area (Å²) in [6, 6.07) is 9.69. The van der Waals surface area contributed by atoms with E-state index in [1.54, 1.807) is 24.3 Å². The maximum absolute atomic E-state index is 12.7. The summed E-state index contributed by atoms with van der Waals surface area (Å²) < 4.78 is 38.0. The molecule has 1 N–H and O–H groups in total. The third-order valence-corrected chi connectivity index (χ3v) is 4.29. The van der Waals surface area contributed by atoms with Gasteiger partial charge in [-0.3, -0.25) is 4.79 Å². The number of rotatable bonds is 4. The fourth-order valence-corrected chi connectivity index (χ4v) is 2.86. The van der Waals surface area contributed by atoms with E-state index in [0.29, 0.717) is 5.02 Å². The molecule has 2 nitrogen and oxygen atoms in total. The molecule has 0 spiro atoms. The predicted octanol–water partition coefficient (Wildman–Crippen LogP) is 5.74. The molecular weight excluding hydrogens is 370 g/mol. The first-order chi connectivity index (χ1) is 10.8. The standard InChI is InChI=1S/C15H10Cl2F3NOS/c16-10-2-1-3-11(7-10)23-8-14(22)21-13-6-9(15(18,19)20)4-5-12(13)17/h1-7H,8H2,(H,21,22). The van der Waals surface area contributed by atoms with Crippen LogP contribution in [0.5, 0.6) is 0 Å². The van der Waals surface area contributed by atoms with E-state index in [1.807, 2.05) is 0 Å². The number of hydrogen-bond acceptors (Lipinski definition) is 2. The first-order valence-electron chi connectivity index (χ1n) is 6.30. The van der Waals surface area contributed by atoms with Crippen LogP contribution in [-0.4, -0.2) is 11.7 Å². The number of carbonyl (C=O) groups excluding carboxylic acids is 1. The van der Waals surface area contributed by atoms with Gasteiger partial charge >= 0.3 is 6.18 Å². The third-order valence-electron chi connectivity index (χ3n) is 2.73. The molecule has 0 saturated carbocycles. The van der Waals surface area contributed by atoms with Crippen molar-refractivity contribution in [2.75, 3.05) is 11.1 Å².